The first-order valence-electron chi connectivity index (χ1n) is 6.02. The average Bonchev–Trinajstić information content (AvgIpc) is 2.36. The zero-order chi connectivity index (χ0) is 14.8. The molecule has 0 unspecified atom stereocenters. The minimum atomic E-state index is -4.32. The first-order chi connectivity index (χ1) is 9.36. The first kappa shape index (κ1) is 14.9. The zero-order valence-corrected chi connectivity index (χ0v) is 12.3. The summed E-state index contributed by atoms with van der Waals surface area (Å²) in [7, 11) is 0. The molecule has 2 rings (SSSR count). The van der Waals surface area contributed by atoms with Crippen LogP contribution in [-0.4, -0.2) is 0 Å². The molecule has 0 heterocycles. The van der Waals surface area contributed by atoms with Gasteiger partial charge in [0.05, 0.1) is 5.56 Å². The summed E-state index contributed by atoms with van der Waals surface area (Å²) in [6.07, 6.45) is -4.32. The highest BCUT2D eigenvalue weighted by molar-refractivity contribution is 9.10. The predicted octanol–water partition coefficient (Wildman–Crippen LogP) is 5.39. The van der Waals surface area contributed by atoms with E-state index in [-0.39, 0.29) is 0 Å². The largest absolute Gasteiger partial charge is 0.416 e. The second kappa shape index (κ2) is 5.87. The van der Waals surface area contributed by atoms with Crippen LogP contribution in [0.3, 0.4) is 0 Å². The summed E-state index contributed by atoms with van der Waals surface area (Å²) in [5.41, 5.74) is 2.21. The van der Waals surface area contributed by atoms with Crippen LogP contribution < -0.4 is 5.32 Å². The van der Waals surface area contributed by atoms with E-state index < -0.39 is 11.7 Å². The molecule has 0 spiro atoms. The molecule has 2 aromatic carbocycles. The normalized spacial score (nSPS) is 11.4. The lowest BCUT2D eigenvalue weighted by Gasteiger charge is -2.12. The van der Waals surface area contributed by atoms with Crippen molar-refractivity contribution in [2.45, 2.75) is 19.6 Å². The van der Waals surface area contributed by atoms with Gasteiger partial charge < -0.3 is 5.32 Å². The van der Waals surface area contributed by atoms with Gasteiger partial charge in [-0.25, -0.2) is 0 Å². The summed E-state index contributed by atoms with van der Waals surface area (Å²) >= 11 is 3.17. The third-order valence-corrected chi connectivity index (χ3v) is 3.52. The van der Waals surface area contributed by atoms with E-state index in [0.717, 1.165) is 23.3 Å². The summed E-state index contributed by atoms with van der Waals surface area (Å²) in [4.78, 5) is 0. The second-order valence-corrected chi connectivity index (χ2v) is 5.39. The van der Waals surface area contributed by atoms with Crippen LogP contribution in [0.5, 0.6) is 0 Å². The molecule has 5 heteroatoms. The van der Waals surface area contributed by atoms with Crippen molar-refractivity contribution in [2.24, 2.45) is 0 Å². The summed E-state index contributed by atoms with van der Waals surface area (Å²) in [5.74, 6) is 0. The van der Waals surface area contributed by atoms with Gasteiger partial charge >= 0.3 is 6.18 Å². The van der Waals surface area contributed by atoms with Gasteiger partial charge in [-0.3, -0.25) is 0 Å². The molecular formula is C15H13BrF3N. The van der Waals surface area contributed by atoms with E-state index in [2.05, 4.69) is 21.2 Å². The van der Waals surface area contributed by atoms with E-state index in [0.29, 0.717) is 16.7 Å². The lowest BCUT2D eigenvalue weighted by Crippen LogP contribution is -2.06. The highest BCUT2D eigenvalue weighted by atomic mass is 79.9. The third-order valence-electron chi connectivity index (χ3n) is 2.86. The molecule has 0 saturated carbocycles. The van der Waals surface area contributed by atoms with Crippen molar-refractivity contribution >= 4 is 21.6 Å². The number of rotatable bonds is 3. The number of hydrogen-bond acceptors (Lipinski definition) is 1. The van der Waals surface area contributed by atoms with Crippen LogP contribution in [0, 0.1) is 6.92 Å². The van der Waals surface area contributed by atoms with Gasteiger partial charge in [0.2, 0.25) is 0 Å². The minimum Gasteiger partial charge on any atom is -0.380 e. The molecule has 0 saturated heterocycles. The Kier molecular flexibility index (Phi) is 4.38. The number of anilines is 1. The van der Waals surface area contributed by atoms with E-state index in [9.17, 15) is 13.2 Å². The minimum absolute atomic E-state index is 0.403. The molecule has 0 aliphatic carbocycles. The fourth-order valence-corrected chi connectivity index (χ4v) is 2.37. The molecule has 0 aliphatic heterocycles. The maximum Gasteiger partial charge on any atom is 0.416 e. The summed E-state index contributed by atoms with van der Waals surface area (Å²) in [6.45, 7) is 2.56. The zero-order valence-electron chi connectivity index (χ0n) is 10.8. The molecule has 20 heavy (non-hydrogen) atoms. The van der Waals surface area contributed by atoms with Gasteiger partial charge in [0.1, 0.15) is 0 Å². The Morgan fingerprint density at radius 2 is 1.85 bits per heavy atom. The Balaban J connectivity index is 2.11. The quantitative estimate of drug-likeness (QED) is 0.787. The van der Waals surface area contributed by atoms with Gasteiger partial charge in [-0.15, -0.1) is 0 Å². The molecule has 0 aliphatic rings. The molecule has 0 bridgehead atoms. The molecule has 1 nitrogen and oxygen atoms in total. The van der Waals surface area contributed by atoms with Crippen molar-refractivity contribution in [3.63, 3.8) is 0 Å². The lowest BCUT2D eigenvalue weighted by atomic mass is 10.1. The van der Waals surface area contributed by atoms with Crippen LogP contribution in [0.25, 0.3) is 0 Å². The average molecular weight is 344 g/mol. The Morgan fingerprint density at radius 1 is 1.10 bits per heavy atom. The van der Waals surface area contributed by atoms with Crippen molar-refractivity contribution in [3.05, 3.63) is 63.6 Å². The van der Waals surface area contributed by atoms with E-state index >= 15 is 0 Å². The predicted molar refractivity (Wildman–Crippen MR) is 77.6 cm³/mol. The Labute approximate surface area is 123 Å². The standard InChI is InChI=1S/C15H13BrF3N/c1-10-3-2-4-11(7-10)9-20-14-6-5-12(8-13(14)16)15(17,18)19/h2-8,20H,9H2,1H3. The third kappa shape index (κ3) is 3.76. The number of aryl methyl sites for hydroxylation is 1. The molecule has 0 atom stereocenters. The number of hydrogen-bond donors (Lipinski definition) is 1. The van der Waals surface area contributed by atoms with Crippen molar-refractivity contribution in [2.75, 3.05) is 5.32 Å². The fourth-order valence-electron chi connectivity index (χ4n) is 1.85. The van der Waals surface area contributed by atoms with Crippen molar-refractivity contribution in [1.29, 1.82) is 0 Å². The topological polar surface area (TPSA) is 12.0 Å². The number of alkyl halides is 3. The van der Waals surface area contributed by atoms with Crippen LogP contribution in [0.2, 0.25) is 0 Å². The molecule has 0 fully saturated rings. The van der Waals surface area contributed by atoms with Crippen molar-refractivity contribution in [3.8, 4) is 0 Å². The lowest BCUT2D eigenvalue weighted by molar-refractivity contribution is -0.137. The number of halogens is 4. The number of benzene rings is 2. The van der Waals surface area contributed by atoms with E-state index in [1.165, 1.54) is 6.07 Å². The van der Waals surface area contributed by atoms with E-state index in [4.69, 9.17) is 0 Å². The molecule has 0 radical (unpaired) electrons. The van der Waals surface area contributed by atoms with Crippen LogP contribution in [0.15, 0.2) is 46.9 Å². The summed E-state index contributed by atoms with van der Waals surface area (Å²) < 4.78 is 38.1. The monoisotopic (exact) mass is 343 g/mol. The molecule has 2 aromatic rings. The summed E-state index contributed by atoms with van der Waals surface area (Å²) in [5, 5.41) is 3.12. The second-order valence-electron chi connectivity index (χ2n) is 4.53. The molecule has 106 valence electrons. The van der Waals surface area contributed by atoms with Crippen LogP contribution in [-0.2, 0) is 12.7 Å². The van der Waals surface area contributed by atoms with Gasteiger partial charge in [0, 0.05) is 16.7 Å². The van der Waals surface area contributed by atoms with Crippen molar-refractivity contribution in [1.82, 2.24) is 0 Å². The molecular weight excluding hydrogens is 331 g/mol. The van der Waals surface area contributed by atoms with Crippen molar-refractivity contribution < 1.29 is 13.2 Å². The summed E-state index contributed by atoms with van der Waals surface area (Å²) in [6, 6.07) is 11.5. The van der Waals surface area contributed by atoms with E-state index in [1.807, 2.05) is 31.2 Å². The highest BCUT2D eigenvalue weighted by Gasteiger charge is 2.30. The highest BCUT2D eigenvalue weighted by Crippen LogP contribution is 2.34. The smallest absolute Gasteiger partial charge is 0.380 e. The maximum atomic E-state index is 12.6. The molecule has 0 amide bonds. The SMILES string of the molecule is Cc1cccc(CNc2ccc(C(F)(F)F)cc2Br)c1. The Morgan fingerprint density at radius 3 is 2.45 bits per heavy atom. The number of nitrogens with one attached hydrogen (secondary N) is 1. The van der Waals surface area contributed by atoms with Gasteiger partial charge in [0.15, 0.2) is 0 Å². The molecule has 1 N–H and O–H groups in total. The first-order valence-corrected chi connectivity index (χ1v) is 6.82. The van der Waals surface area contributed by atoms with Crippen LogP contribution in [0.4, 0.5) is 18.9 Å². The maximum absolute atomic E-state index is 12.6. The van der Waals surface area contributed by atoms with Gasteiger partial charge in [-0.05, 0) is 46.6 Å². The molecule has 0 aromatic heterocycles. The fraction of sp³-hybridized carbons (Fsp3) is 0.200. The van der Waals surface area contributed by atoms with E-state index in [1.54, 1.807) is 0 Å². The van der Waals surface area contributed by atoms with Crippen LogP contribution in [0.1, 0.15) is 16.7 Å². The van der Waals surface area contributed by atoms with Crippen LogP contribution >= 0.6 is 15.9 Å². The van der Waals surface area contributed by atoms with Gasteiger partial charge in [-0.1, -0.05) is 29.8 Å². The Hall–Kier alpha value is -1.49. The van der Waals surface area contributed by atoms with Gasteiger partial charge in [-0.2, -0.15) is 13.2 Å². The Bertz CT molecular complexity index is 608. The van der Waals surface area contributed by atoms with Gasteiger partial charge in [0.25, 0.3) is 0 Å².